The van der Waals surface area contributed by atoms with Gasteiger partial charge in [-0.1, -0.05) is 6.07 Å². The molecule has 2 rings (SSSR count). The molecule has 1 heterocycles. The molecule has 7 heteroatoms. The van der Waals surface area contributed by atoms with Crippen LogP contribution in [0.5, 0.6) is 0 Å². The number of halogens is 2. The molecule has 0 radical (unpaired) electrons. The maximum atomic E-state index is 13.5. The lowest BCUT2D eigenvalue weighted by Crippen LogP contribution is -2.23. The number of nitrogens with one attached hydrogen (secondary N) is 1. The van der Waals surface area contributed by atoms with Gasteiger partial charge in [0.1, 0.15) is 11.6 Å². The minimum Gasteiger partial charge on any atom is -0.464 e. The quantitative estimate of drug-likeness (QED) is 0.583. The van der Waals surface area contributed by atoms with Crippen LogP contribution in [0.1, 0.15) is 18.9 Å². The molecule has 1 aromatic carbocycles. The summed E-state index contributed by atoms with van der Waals surface area (Å²) >= 11 is 1.55. The number of hydrogen-bond acceptors (Lipinski definition) is 5. The molecule has 0 spiro atoms. The molecule has 1 aliphatic rings. The Morgan fingerprint density at radius 3 is 3.04 bits per heavy atom. The van der Waals surface area contributed by atoms with Gasteiger partial charge in [-0.3, -0.25) is 4.99 Å². The molecule has 1 aliphatic heterocycles. The van der Waals surface area contributed by atoms with Crippen molar-refractivity contribution in [1.82, 2.24) is 5.32 Å². The van der Waals surface area contributed by atoms with E-state index in [0.717, 1.165) is 17.5 Å². The van der Waals surface area contributed by atoms with Crippen molar-refractivity contribution in [3.05, 3.63) is 35.4 Å². The SMILES string of the molecule is CCOC(=O)C1CSC(CNCCCc2ccc(F)cc2F)=N1. The second kappa shape index (κ2) is 8.98. The zero-order chi connectivity index (χ0) is 16.7. The maximum Gasteiger partial charge on any atom is 0.331 e. The molecule has 1 atom stereocenters. The van der Waals surface area contributed by atoms with E-state index in [9.17, 15) is 13.6 Å². The van der Waals surface area contributed by atoms with Crippen LogP contribution in [0.2, 0.25) is 0 Å². The van der Waals surface area contributed by atoms with Crippen LogP contribution in [0.3, 0.4) is 0 Å². The van der Waals surface area contributed by atoms with Gasteiger partial charge in [-0.05, 0) is 37.9 Å². The Balaban J connectivity index is 1.66. The van der Waals surface area contributed by atoms with Crippen molar-refractivity contribution in [3.8, 4) is 0 Å². The van der Waals surface area contributed by atoms with Crippen molar-refractivity contribution in [2.45, 2.75) is 25.8 Å². The van der Waals surface area contributed by atoms with Crippen molar-refractivity contribution in [3.63, 3.8) is 0 Å². The van der Waals surface area contributed by atoms with E-state index in [1.54, 1.807) is 18.7 Å². The van der Waals surface area contributed by atoms with Crippen LogP contribution in [0.15, 0.2) is 23.2 Å². The van der Waals surface area contributed by atoms with Crippen molar-refractivity contribution >= 4 is 22.8 Å². The van der Waals surface area contributed by atoms with Gasteiger partial charge in [-0.2, -0.15) is 0 Å². The smallest absolute Gasteiger partial charge is 0.331 e. The molecule has 0 bridgehead atoms. The Bertz CT molecular complexity index is 581. The number of esters is 1. The first-order valence-electron chi connectivity index (χ1n) is 7.61. The van der Waals surface area contributed by atoms with Crippen molar-refractivity contribution in [1.29, 1.82) is 0 Å². The highest BCUT2D eigenvalue weighted by Crippen LogP contribution is 2.18. The fourth-order valence-electron chi connectivity index (χ4n) is 2.20. The average Bonchev–Trinajstić information content (AvgIpc) is 2.98. The van der Waals surface area contributed by atoms with Crippen LogP contribution >= 0.6 is 11.8 Å². The minimum absolute atomic E-state index is 0.276. The number of aliphatic imine (C=N–C) groups is 1. The van der Waals surface area contributed by atoms with Gasteiger partial charge in [0, 0.05) is 18.4 Å². The number of rotatable bonds is 8. The Kier molecular flexibility index (Phi) is 6.98. The molecule has 1 aromatic rings. The van der Waals surface area contributed by atoms with Gasteiger partial charge in [0.15, 0.2) is 6.04 Å². The zero-order valence-electron chi connectivity index (χ0n) is 13.0. The number of thioether (sulfide) groups is 1. The van der Waals surface area contributed by atoms with E-state index in [2.05, 4.69) is 10.3 Å². The summed E-state index contributed by atoms with van der Waals surface area (Å²) in [6.07, 6.45) is 1.28. The number of nitrogens with zero attached hydrogens (tertiary/aromatic N) is 1. The monoisotopic (exact) mass is 342 g/mol. The lowest BCUT2D eigenvalue weighted by Gasteiger charge is -2.05. The second-order valence-electron chi connectivity index (χ2n) is 5.12. The van der Waals surface area contributed by atoms with Crippen molar-refractivity contribution in [2.24, 2.45) is 4.99 Å². The van der Waals surface area contributed by atoms with Gasteiger partial charge in [0.05, 0.1) is 11.7 Å². The van der Waals surface area contributed by atoms with Crippen molar-refractivity contribution < 1.29 is 18.3 Å². The molecule has 1 N–H and O–H groups in total. The number of aryl methyl sites for hydroxylation is 1. The predicted molar refractivity (Wildman–Crippen MR) is 87.9 cm³/mol. The lowest BCUT2D eigenvalue weighted by molar-refractivity contribution is -0.143. The third kappa shape index (κ3) is 5.58. The summed E-state index contributed by atoms with van der Waals surface area (Å²) < 4.78 is 31.2. The number of benzene rings is 1. The van der Waals surface area contributed by atoms with Crippen molar-refractivity contribution in [2.75, 3.05) is 25.4 Å². The molecule has 0 aromatic heterocycles. The van der Waals surface area contributed by atoms with Crippen LogP contribution in [-0.2, 0) is 16.0 Å². The van der Waals surface area contributed by atoms with Gasteiger partial charge in [-0.25, -0.2) is 13.6 Å². The summed E-state index contributed by atoms with van der Waals surface area (Å²) in [5.74, 6) is -0.715. The predicted octanol–water partition coefficient (Wildman–Crippen LogP) is 2.56. The van der Waals surface area contributed by atoms with Crippen LogP contribution in [0.4, 0.5) is 8.78 Å². The molecular formula is C16H20F2N2O2S. The third-order valence-electron chi connectivity index (χ3n) is 3.36. The first kappa shape index (κ1) is 17.9. The zero-order valence-corrected chi connectivity index (χ0v) is 13.8. The normalized spacial score (nSPS) is 17.2. The fraction of sp³-hybridized carbons (Fsp3) is 0.500. The van der Waals surface area contributed by atoms with E-state index in [-0.39, 0.29) is 5.97 Å². The molecule has 0 saturated carbocycles. The highest BCUT2D eigenvalue weighted by Gasteiger charge is 2.25. The lowest BCUT2D eigenvalue weighted by atomic mass is 10.1. The van der Waals surface area contributed by atoms with Gasteiger partial charge in [0.2, 0.25) is 0 Å². The first-order chi connectivity index (χ1) is 11.1. The summed E-state index contributed by atoms with van der Waals surface area (Å²) in [5.41, 5.74) is 0.517. The van der Waals surface area contributed by atoms with Crippen LogP contribution in [0.25, 0.3) is 0 Å². The molecule has 0 amide bonds. The Hall–Kier alpha value is -1.47. The average molecular weight is 342 g/mol. The van der Waals surface area contributed by atoms with E-state index in [1.807, 2.05) is 0 Å². The van der Waals surface area contributed by atoms with E-state index in [0.29, 0.717) is 37.4 Å². The Morgan fingerprint density at radius 1 is 1.48 bits per heavy atom. The molecule has 4 nitrogen and oxygen atoms in total. The Labute approximate surface area is 138 Å². The molecule has 0 aliphatic carbocycles. The largest absolute Gasteiger partial charge is 0.464 e. The topological polar surface area (TPSA) is 50.7 Å². The van der Waals surface area contributed by atoms with Crippen LogP contribution < -0.4 is 5.32 Å². The van der Waals surface area contributed by atoms with Crippen LogP contribution in [-0.4, -0.2) is 42.5 Å². The number of carbonyl (C=O) groups excluding carboxylic acids is 1. The molecule has 1 unspecified atom stereocenters. The third-order valence-corrected chi connectivity index (χ3v) is 4.42. The van der Waals surface area contributed by atoms with E-state index >= 15 is 0 Å². The highest BCUT2D eigenvalue weighted by molar-refractivity contribution is 8.14. The van der Waals surface area contributed by atoms with Gasteiger partial charge in [0.25, 0.3) is 0 Å². The van der Waals surface area contributed by atoms with Crippen LogP contribution in [0, 0.1) is 11.6 Å². The second-order valence-corrected chi connectivity index (χ2v) is 6.21. The molecule has 23 heavy (non-hydrogen) atoms. The molecular weight excluding hydrogens is 322 g/mol. The van der Waals surface area contributed by atoms with Gasteiger partial charge in [-0.15, -0.1) is 11.8 Å². The van der Waals surface area contributed by atoms with Gasteiger partial charge < -0.3 is 10.1 Å². The van der Waals surface area contributed by atoms with E-state index in [4.69, 9.17) is 4.74 Å². The number of carbonyl (C=O) groups is 1. The summed E-state index contributed by atoms with van der Waals surface area (Å²) in [6.45, 7) is 3.42. The fourth-order valence-corrected chi connectivity index (χ4v) is 3.17. The number of ether oxygens (including phenoxy) is 1. The first-order valence-corrected chi connectivity index (χ1v) is 8.59. The van der Waals surface area contributed by atoms with Gasteiger partial charge >= 0.3 is 5.97 Å². The summed E-state index contributed by atoms with van der Waals surface area (Å²) in [4.78, 5) is 15.9. The standard InChI is InChI=1S/C16H20F2N2O2S/c1-2-22-16(21)14-10-23-15(20-14)9-19-7-3-4-11-5-6-12(17)8-13(11)18/h5-6,8,14,19H,2-4,7,9-10H2,1H3. The van der Waals surface area contributed by atoms with E-state index in [1.165, 1.54) is 12.1 Å². The summed E-state index contributed by atoms with van der Waals surface area (Å²) in [6, 6.07) is 3.25. The molecule has 0 saturated heterocycles. The molecule has 0 fully saturated rings. The summed E-state index contributed by atoms with van der Waals surface area (Å²) in [5, 5.41) is 4.10. The maximum absolute atomic E-state index is 13.5. The van der Waals surface area contributed by atoms with E-state index < -0.39 is 17.7 Å². The highest BCUT2D eigenvalue weighted by atomic mass is 32.2. The minimum atomic E-state index is -0.559. The number of hydrogen-bond donors (Lipinski definition) is 1. The summed E-state index contributed by atoms with van der Waals surface area (Å²) in [7, 11) is 0. The Morgan fingerprint density at radius 2 is 2.30 bits per heavy atom. The molecule has 126 valence electrons.